The number of hydrogen-bond donors (Lipinski definition) is 2. The maximum atomic E-state index is 14.6. The van der Waals surface area contributed by atoms with Crippen molar-refractivity contribution in [1.82, 2.24) is 4.90 Å². The number of nitrogens with one attached hydrogen (secondary N) is 1. The predicted octanol–water partition coefficient (Wildman–Crippen LogP) is 7.07. The Morgan fingerprint density at radius 2 is 1.52 bits per heavy atom. The first kappa shape index (κ1) is 30.1. The summed E-state index contributed by atoms with van der Waals surface area (Å²) in [6, 6.07) is 22.3. The molecule has 1 aliphatic heterocycles. The highest BCUT2D eigenvalue weighted by Crippen LogP contribution is 2.57. The van der Waals surface area contributed by atoms with Gasteiger partial charge < -0.3 is 10.4 Å². The molecular weight excluding hydrogens is 565 g/mol. The van der Waals surface area contributed by atoms with Crippen LogP contribution in [0.4, 0.5) is 20.6 Å². The number of halogens is 1. The molecule has 4 aromatic rings. The van der Waals surface area contributed by atoms with Crippen molar-refractivity contribution in [3.63, 3.8) is 0 Å². The lowest BCUT2D eigenvalue weighted by atomic mass is 9.71. The Bertz CT molecular complexity index is 1780. The fourth-order valence-corrected chi connectivity index (χ4v) is 6.28. The van der Waals surface area contributed by atoms with Crippen LogP contribution in [0.15, 0.2) is 97.1 Å². The Kier molecular flexibility index (Phi) is 8.01. The summed E-state index contributed by atoms with van der Waals surface area (Å²) in [5, 5.41) is 25.5. The Balaban J connectivity index is 1.81. The molecule has 4 atom stereocenters. The van der Waals surface area contributed by atoms with E-state index >= 15 is 0 Å². The van der Waals surface area contributed by atoms with E-state index in [0.29, 0.717) is 11.3 Å². The van der Waals surface area contributed by atoms with Crippen LogP contribution in [0, 0.1) is 35.7 Å². The molecule has 0 aliphatic carbocycles. The zero-order chi connectivity index (χ0) is 31.8. The second-order valence-electron chi connectivity index (χ2n) is 11.2. The van der Waals surface area contributed by atoms with E-state index < -0.39 is 51.9 Å². The first-order chi connectivity index (χ1) is 20.9. The lowest BCUT2D eigenvalue weighted by Gasteiger charge is -2.37. The van der Waals surface area contributed by atoms with Crippen molar-refractivity contribution < 1.29 is 28.8 Å². The van der Waals surface area contributed by atoms with Gasteiger partial charge in [0.25, 0.3) is 5.69 Å². The lowest BCUT2D eigenvalue weighted by Crippen LogP contribution is -2.55. The molecule has 2 amide bonds. The van der Waals surface area contributed by atoms with E-state index in [1.807, 2.05) is 26.0 Å². The zero-order valence-corrected chi connectivity index (χ0v) is 24.2. The second kappa shape index (κ2) is 11.7. The number of nitro groups is 1. The van der Waals surface area contributed by atoms with E-state index in [4.69, 9.17) is 0 Å². The number of carbonyl (C=O) groups is 3. The van der Waals surface area contributed by atoms with Crippen LogP contribution in [0.25, 0.3) is 0 Å². The van der Waals surface area contributed by atoms with E-state index in [-0.39, 0.29) is 16.8 Å². The van der Waals surface area contributed by atoms with Crippen molar-refractivity contribution in [1.29, 1.82) is 0 Å². The van der Waals surface area contributed by atoms with Crippen molar-refractivity contribution >= 4 is 29.2 Å². The molecule has 5 rings (SSSR count). The number of aliphatic carboxylic acids is 1. The van der Waals surface area contributed by atoms with Gasteiger partial charge in [0.1, 0.15) is 11.4 Å². The van der Waals surface area contributed by atoms with Gasteiger partial charge in [0.2, 0.25) is 0 Å². The molecule has 4 unspecified atom stereocenters. The molecule has 10 heteroatoms. The minimum Gasteiger partial charge on any atom is -0.479 e. The third kappa shape index (κ3) is 5.42. The van der Waals surface area contributed by atoms with Crippen LogP contribution in [-0.4, -0.2) is 38.3 Å². The normalized spacial score (nSPS) is 21.1. The molecular formula is C34H30FN3O6. The number of hydrogen-bond acceptors (Lipinski definition) is 5. The lowest BCUT2D eigenvalue weighted by molar-refractivity contribution is -0.385. The molecule has 224 valence electrons. The zero-order valence-electron chi connectivity index (χ0n) is 24.2. The van der Waals surface area contributed by atoms with Gasteiger partial charge in [-0.25, -0.2) is 14.0 Å². The smallest absolute Gasteiger partial charge is 0.330 e. The van der Waals surface area contributed by atoms with Gasteiger partial charge in [-0.05, 0) is 67.8 Å². The maximum absolute atomic E-state index is 14.6. The number of aryl methyl sites for hydroxylation is 2. The van der Waals surface area contributed by atoms with Crippen LogP contribution in [-0.2, 0) is 4.79 Å². The number of Topliss-reactive ketones (excluding diaryl/α,β-unsaturated/α-hetero) is 1. The highest BCUT2D eigenvalue weighted by molar-refractivity contribution is 6.03. The van der Waals surface area contributed by atoms with Crippen LogP contribution >= 0.6 is 0 Å². The van der Waals surface area contributed by atoms with Crippen LogP contribution in [0.1, 0.15) is 51.5 Å². The van der Waals surface area contributed by atoms with Crippen LogP contribution < -0.4 is 5.32 Å². The minimum atomic E-state index is -2.06. The number of carbonyl (C=O) groups excluding carboxylic acids is 2. The number of urea groups is 1. The number of anilines is 1. The molecule has 0 spiro atoms. The first-order valence-electron chi connectivity index (χ1n) is 13.9. The third-order valence-corrected chi connectivity index (χ3v) is 8.26. The standard InChI is InChI=1S/C34H30FN3O6/c1-20-7-4-10-24(17-20)31(39)28-29(22-13-15-25(35)16-14-22)34(3,32(40)41)37(33(42)36-26-11-5-8-21(2)18-26)30(28)23-9-6-12-27(19-23)38(43)44/h4-19,28-30H,1-3H3,(H,36,42)(H,40,41). The molecule has 0 aromatic heterocycles. The number of rotatable bonds is 7. The summed E-state index contributed by atoms with van der Waals surface area (Å²) < 4.78 is 14.1. The van der Waals surface area contributed by atoms with Crippen LogP contribution in [0.5, 0.6) is 0 Å². The Labute approximate surface area is 253 Å². The topological polar surface area (TPSA) is 130 Å². The summed E-state index contributed by atoms with van der Waals surface area (Å²) in [6.07, 6.45) is 0. The van der Waals surface area contributed by atoms with Gasteiger partial charge in [-0.15, -0.1) is 0 Å². The monoisotopic (exact) mass is 595 g/mol. The summed E-state index contributed by atoms with van der Waals surface area (Å²) >= 11 is 0. The minimum absolute atomic E-state index is 0.210. The van der Waals surface area contributed by atoms with Gasteiger partial charge in [-0.1, -0.05) is 60.2 Å². The number of benzene rings is 4. The molecule has 0 saturated carbocycles. The molecule has 1 saturated heterocycles. The van der Waals surface area contributed by atoms with Crippen molar-refractivity contribution in [2.75, 3.05) is 5.32 Å². The number of non-ortho nitro benzene ring substituents is 1. The summed E-state index contributed by atoms with van der Waals surface area (Å²) in [5.74, 6) is -4.83. The van der Waals surface area contributed by atoms with Crippen molar-refractivity contribution in [2.24, 2.45) is 5.92 Å². The molecule has 44 heavy (non-hydrogen) atoms. The molecule has 0 bridgehead atoms. The highest BCUT2D eigenvalue weighted by atomic mass is 19.1. The van der Waals surface area contributed by atoms with Gasteiger partial charge >= 0.3 is 12.0 Å². The van der Waals surface area contributed by atoms with E-state index in [2.05, 4.69) is 5.32 Å². The van der Waals surface area contributed by atoms with Gasteiger partial charge in [-0.3, -0.25) is 19.8 Å². The van der Waals surface area contributed by atoms with Crippen molar-refractivity contribution in [3.05, 3.63) is 141 Å². The molecule has 1 aliphatic rings. The van der Waals surface area contributed by atoms with Crippen LogP contribution in [0.2, 0.25) is 0 Å². The average Bonchev–Trinajstić information content (AvgIpc) is 3.27. The number of nitro benzene ring substituents is 1. The van der Waals surface area contributed by atoms with Crippen molar-refractivity contribution in [2.45, 2.75) is 38.3 Å². The van der Waals surface area contributed by atoms with E-state index in [9.17, 15) is 34.0 Å². The van der Waals surface area contributed by atoms with Gasteiger partial charge in [-0.2, -0.15) is 0 Å². The molecule has 2 N–H and O–H groups in total. The fourth-order valence-electron chi connectivity index (χ4n) is 6.28. The third-order valence-electron chi connectivity index (χ3n) is 8.26. The Hall–Kier alpha value is -5.38. The molecule has 1 heterocycles. The number of carboxylic acids is 1. The number of ketones is 1. The maximum Gasteiger partial charge on any atom is 0.330 e. The number of nitrogens with zero attached hydrogens (tertiary/aromatic N) is 2. The summed E-state index contributed by atoms with van der Waals surface area (Å²) in [7, 11) is 0. The van der Waals surface area contributed by atoms with E-state index in [1.54, 1.807) is 36.4 Å². The van der Waals surface area contributed by atoms with E-state index in [1.165, 1.54) is 55.5 Å². The Morgan fingerprint density at radius 3 is 2.14 bits per heavy atom. The summed E-state index contributed by atoms with van der Waals surface area (Å²) in [6.45, 7) is 5.00. The van der Waals surface area contributed by atoms with Gasteiger partial charge in [0.15, 0.2) is 5.78 Å². The first-order valence-corrected chi connectivity index (χ1v) is 13.9. The second-order valence-corrected chi connectivity index (χ2v) is 11.2. The number of carboxylic acid groups (broad SMARTS) is 1. The molecule has 0 radical (unpaired) electrons. The quantitative estimate of drug-likeness (QED) is 0.134. The van der Waals surface area contributed by atoms with Crippen LogP contribution in [0.3, 0.4) is 0 Å². The highest BCUT2D eigenvalue weighted by Gasteiger charge is 2.65. The van der Waals surface area contributed by atoms with Gasteiger partial charge in [0, 0.05) is 29.3 Å². The summed E-state index contributed by atoms with van der Waals surface area (Å²) in [4.78, 5) is 54.6. The van der Waals surface area contributed by atoms with E-state index in [0.717, 1.165) is 16.0 Å². The number of likely N-dealkylation sites (tertiary alicyclic amines) is 1. The predicted molar refractivity (Wildman–Crippen MR) is 162 cm³/mol. The molecule has 9 nitrogen and oxygen atoms in total. The van der Waals surface area contributed by atoms with Crippen molar-refractivity contribution in [3.8, 4) is 0 Å². The Morgan fingerprint density at radius 1 is 0.886 bits per heavy atom. The average molecular weight is 596 g/mol. The molecule has 1 fully saturated rings. The largest absolute Gasteiger partial charge is 0.479 e. The SMILES string of the molecule is Cc1cccc(NC(=O)N2C(c3cccc([N+](=O)[O-])c3)C(C(=O)c3cccc(C)c3)C(c3ccc(F)cc3)C2(C)C(=O)O)c1. The fraction of sp³-hybridized carbons (Fsp3) is 0.206. The van der Waals surface area contributed by atoms with Gasteiger partial charge in [0.05, 0.1) is 16.9 Å². The summed E-state index contributed by atoms with van der Waals surface area (Å²) in [5.41, 5.74) is 0.492. The number of amides is 2. The molecule has 4 aromatic carbocycles.